The van der Waals surface area contributed by atoms with Crippen molar-refractivity contribution in [2.24, 2.45) is 0 Å². The molecule has 2 rings (SSSR count). The van der Waals surface area contributed by atoms with Gasteiger partial charge in [-0.3, -0.25) is 4.79 Å². The molecule has 2 N–H and O–H groups in total. The van der Waals surface area contributed by atoms with E-state index in [2.05, 4.69) is 20.8 Å². The number of nitrogens with zero attached hydrogens (tertiary/aromatic N) is 2. The van der Waals surface area contributed by atoms with Crippen LogP contribution in [0.5, 0.6) is 0 Å². The number of halogens is 1. The predicted molar refractivity (Wildman–Crippen MR) is 75.2 cm³/mol. The van der Waals surface area contributed by atoms with Gasteiger partial charge in [-0.25, -0.2) is 4.39 Å². The molecule has 0 aliphatic carbocycles. The van der Waals surface area contributed by atoms with Gasteiger partial charge in [0.2, 0.25) is 11.0 Å². The number of hydrogen-bond acceptors (Lipinski definition) is 6. The Morgan fingerprint density at radius 1 is 1.37 bits per heavy atom. The molecule has 0 unspecified atom stereocenters. The Bertz CT molecular complexity index is 558. The van der Waals surface area contributed by atoms with Gasteiger partial charge in [-0.1, -0.05) is 23.1 Å². The zero-order valence-electron chi connectivity index (χ0n) is 10.0. The van der Waals surface area contributed by atoms with E-state index in [1.165, 1.54) is 47.4 Å². The molecule has 0 saturated heterocycles. The van der Waals surface area contributed by atoms with Gasteiger partial charge in [-0.05, 0) is 24.3 Å². The van der Waals surface area contributed by atoms with E-state index >= 15 is 0 Å². The smallest absolute Gasteiger partial charge is 0.234 e. The Kier molecular flexibility index (Phi) is 4.69. The van der Waals surface area contributed by atoms with E-state index in [4.69, 9.17) is 0 Å². The minimum atomic E-state index is -0.333. The molecule has 0 aliphatic heterocycles. The number of carbonyl (C=O) groups is 1. The first-order chi connectivity index (χ1) is 9.17. The monoisotopic (exact) mass is 298 g/mol. The zero-order chi connectivity index (χ0) is 13.7. The lowest BCUT2D eigenvalue weighted by Crippen LogP contribution is -2.13. The van der Waals surface area contributed by atoms with Crippen molar-refractivity contribution in [2.75, 3.05) is 23.4 Å². The van der Waals surface area contributed by atoms with E-state index in [-0.39, 0.29) is 17.5 Å². The molecule has 1 heterocycles. The molecule has 0 fully saturated rings. The highest BCUT2D eigenvalue weighted by molar-refractivity contribution is 8.01. The van der Waals surface area contributed by atoms with Crippen LogP contribution in [0.4, 0.5) is 15.2 Å². The molecule has 5 nitrogen and oxygen atoms in total. The van der Waals surface area contributed by atoms with Crippen molar-refractivity contribution in [3.63, 3.8) is 0 Å². The summed E-state index contributed by atoms with van der Waals surface area (Å²) in [7, 11) is 1.76. The van der Waals surface area contributed by atoms with Crippen LogP contribution in [-0.4, -0.2) is 28.9 Å². The van der Waals surface area contributed by atoms with Crippen molar-refractivity contribution in [3.8, 4) is 0 Å². The second kappa shape index (κ2) is 6.48. The lowest BCUT2D eigenvalue weighted by atomic mass is 10.3. The van der Waals surface area contributed by atoms with Crippen molar-refractivity contribution in [3.05, 3.63) is 30.1 Å². The molecule has 0 radical (unpaired) electrons. The van der Waals surface area contributed by atoms with Crippen LogP contribution in [-0.2, 0) is 4.79 Å². The van der Waals surface area contributed by atoms with E-state index in [9.17, 15) is 9.18 Å². The Morgan fingerprint density at radius 3 is 2.74 bits per heavy atom. The van der Waals surface area contributed by atoms with Crippen LogP contribution in [0, 0.1) is 5.82 Å². The lowest BCUT2D eigenvalue weighted by Gasteiger charge is -2.03. The second-order valence-corrected chi connectivity index (χ2v) is 5.67. The first-order valence-electron chi connectivity index (χ1n) is 5.37. The summed E-state index contributed by atoms with van der Waals surface area (Å²) in [5.74, 6) is -0.269. The third-order valence-electron chi connectivity index (χ3n) is 2.08. The summed E-state index contributed by atoms with van der Waals surface area (Å²) in [6.07, 6.45) is 0. The maximum atomic E-state index is 12.7. The summed E-state index contributed by atoms with van der Waals surface area (Å²) in [4.78, 5) is 11.7. The fourth-order valence-corrected chi connectivity index (χ4v) is 2.73. The topological polar surface area (TPSA) is 66.9 Å². The van der Waals surface area contributed by atoms with Crippen molar-refractivity contribution < 1.29 is 9.18 Å². The number of amides is 1. The Labute approximate surface area is 117 Å². The molecule has 0 bridgehead atoms. The van der Waals surface area contributed by atoms with Crippen molar-refractivity contribution in [1.82, 2.24) is 10.2 Å². The number of aromatic nitrogens is 2. The van der Waals surface area contributed by atoms with Gasteiger partial charge in [0.1, 0.15) is 5.82 Å². The molecule has 1 aromatic heterocycles. The lowest BCUT2D eigenvalue weighted by molar-refractivity contribution is -0.113. The van der Waals surface area contributed by atoms with E-state index in [1.54, 1.807) is 7.05 Å². The summed E-state index contributed by atoms with van der Waals surface area (Å²) < 4.78 is 13.4. The number of thioether (sulfide) groups is 1. The number of carbonyl (C=O) groups excluding carboxylic acids is 1. The van der Waals surface area contributed by atoms with Crippen LogP contribution in [0.3, 0.4) is 0 Å². The minimum Gasteiger partial charge on any atom is -0.363 e. The van der Waals surface area contributed by atoms with Crippen LogP contribution in [0.2, 0.25) is 0 Å². The maximum Gasteiger partial charge on any atom is 0.234 e. The number of anilines is 2. The van der Waals surface area contributed by atoms with Crippen LogP contribution in [0.15, 0.2) is 28.6 Å². The SMILES string of the molecule is CNc1nnc(SCC(=O)Nc2ccc(F)cc2)s1. The van der Waals surface area contributed by atoms with E-state index in [0.29, 0.717) is 10.8 Å². The van der Waals surface area contributed by atoms with Crippen LogP contribution in [0.25, 0.3) is 0 Å². The van der Waals surface area contributed by atoms with Gasteiger partial charge in [0.25, 0.3) is 0 Å². The molecule has 0 atom stereocenters. The van der Waals surface area contributed by atoms with Crippen LogP contribution >= 0.6 is 23.1 Å². The van der Waals surface area contributed by atoms with Crippen molar-refractivity contribution in [2.45, 2.75) is 4.34 Å². The number of nitrogens with one attached hydrogen (secondary N) is 2. The first-order valence-corrected chi connectivity index (χ1v) is 7.17. The average Bonchev–Trinajstić information content (AvgIpc) is 2.87. The van der Waals surface area contributed by atoms with Crippen molar-refractivity contribution in [1.29, 1.82) is 0 Å². The van der Waals surface area contributed by atoms with Crippen LogP contribution in [0.1, 0.15) is 0 Å². The fraction of sp³-hybridized carbons (Fsp3) is 0.182. The molecular formula is C11H11FN4OS2. The van der Waals surface area contributed by atoms with Gasteiger partial charge in [0.05, 0.1) is 5.75 Å². The van der Waals surface area contributed by atoms with E-state index < -0.39 is 0 Å². The van der Waals surface area contributed by atoms with Gasteiger partial charge < -0.3 is 10.6 Å². The molecule has 0 saturated carbocycles. The highest BCUT2D eigenvalue weighted by Gasteiger charge is 2.07. The highest BCUT2D eigenvalue weighted by atomic mass is 32.2. The molecule has 8 heteroatoms. The molecule has 2 aromatic rings. The molecule has 0 spiro atoms. The normalized spacial score (nSPS) is 10.2. The second-order valence-electron chi connectivity index (χ2n) is 3.47. The first kappa shape index (κ1) is 13.8. The van der Waals surface area contributed by atoms with Crippen molar-refractivity contribution >= 4 is 39.8 Å². The fourth-order valence-electron chi connectivity index (χ4n) is 1.23. The average molecular weight is 298 g/mol. The standard InChI is InChI=1S/C11H11FN4OS2/c1-13-10-15-16-11(19-10)18-6-9(17)14-8-4-2-7(12)3-5-8/h2-5H,6H2,1H3,(H,13,15)(H,14,17). The maximum absolute atomic E-state index is 12.7. The third-order valence-corrected chi connectivity index (χ3v) is 4.15. The molecular weight excluding hydrogens is 287 g/mol. The number of rotatable bonds is 5. The van der Waals surface area contributed by atoms with Gasteiger partial charge >= 0.3 is 0 Å². The zero-order valence-corrected chi connectivity index (χ0v) is 11.6. The molecule has 1 aromatic carbocycles. The van der Waals surface area contributed by atoms with Gasteiger partial charge in [0, 0.05) is 12.7 Å². The molecule has 0 aliphatic rings. The quantitative estimate of drug-likeness (QED) is 0.830. The van der Waals surface area contributed by atoms with E-state index in [1.807, 2.05) is 0 Å². The summed E-state index contributed by atoms with van der Waals surface area (Å²) in [6, 6.07) is 5.63. The Morgan fingerprint density at radius 2 is 2.11 bits per heavy atom. The summed E-state index contributed by atoms with van der Waals surface area (Å²) in [6.45, 7) is 0. The third kappa shape index (κ3) is 4.18. The largest absolute Gasteiger partial charge is 0.363 e. The number of hydrogen-bond donors (Lipinski definition) is 2. The summed E-state index contributed by atoms with van der Waals surface area (Å²) in [5, 5.41) is 14.0. The Balaban J connectivity index is 1.82. The van der Waals surface area contributed by atoms with Gasteiger partial charge in [0.15, 0.2) is 4.34 Å². The minimum absolute atomic E-state index is 0.169. The molecule has 19 heavy (non-hydrogen) atoms. The van der Waals surface area contributed by atoms with Gasteiger partial charge in [-0.2, -0.15) is 0 Å². The summed E-state index contributed by atoms with van der Waals surface area (Å²) in [5.41, 5.74) is 0.570. The number of benzene rings is 1. The molecule has 1 amide bonds. The molecule has 100 valence electrons. The van der Waals surface area contributed by atoms with E-state index in [0.717, 1.165) is 4.34 Å². The Hall–Kier alpha value is -1.67. The van der Waals surface area contributed by atoms with Crippen LogP contribution < -0.4 is 10.6 Å². The highest BCUT2D eigenvalue weighted by Crippen LogP contribution is 2.25. The van der Waals surface area contributed by atoms with Gasteiger partial charge in [-0.15, -0.1) is 10.2 Å². The predicted octanol–water partition coefficient (Wildman–Crippen LogP) is 2.45. The summed E-state index contributed by atoms with van der Waals surface area (Å²) >= 11 is 2.69.